The second-order valence-corrected chi connectivity index (χ2v) is 6.98. The Labute approximate surface area is 142 Å². The molecule has 1 spiro atoms. The van der Waals surface area contributed by atoms with E-state index in [1.165, 1.54) is 0 Å². The molecule has 4 rings (SSSR count). The highest BCUT2D eigenvalue weighted by molar-refractivity contribution is 9.10. The maximum atomic E-state index is 12.7. The molecular weight excluding hydrogens is 356 g/mol. The maximum Gasteiger partial charge on any atom is 0.253 e. The van der Waals surface area contributed by atoms with Crippen LogP contribution >= 0.6 is 15.9 Å². The van der Waals surface area contributed by atoms with Gasteiger partial charge < -0.3 is 10.2 Å². The zero-order valence-electron chi connectivity index (χ0n) is 12.4. The average Bonchev–Trinajstić information content (AvgIpc) is 3.11. The first-order valence-corrected chi connectivity index (χ1v) is 8.35. The summed E-state index contributed by atoms with van der Waals surface area (Å²) in [7, 11) is 0. The molecule has 0 radical (unpaired) electrons. The number of likely N-dealkylation sites (tertiary alicyclic amines) is 1. The van der Waals surface area contributed by atoms with E-state index in [1.54, 1.807) is 11.0 Å². The SMILES string of the molecule is O=C(c1cccc(Br)c1)N1CCC2(C1)C(=O)Nc1ccccc12. The molecule has 2 aromatic rings. The molecule has 1 atom stereocenters. The highest BCUT2D eigenvalue weighted by Gasteiger charge is 2.51. The van der Waals surface area contributed by atoms with Gasteiger partial charge in [0.15, 0.2) is 0 Å². The molecule has 2 aliphatic rings. The van der Waals surface area contributed by atoms with Gasteiger partial charge in [0.1, 0.15) is 0 Å². The van der Waals surface area contributed by atoms with Crippen molar-refractivity contribution in [2.24, 2.45) is 0 Å². The van der Waals surface area contributed by atoms with Crippen LogP contribution < -0.4 is 5.32 Å². The fourth-order valence-corrected chi connectivity index (χ4v) is 3.97. The predicted molar refractivity (Wildman–Crippen MR) is 91.4 cm³/mol. The summed E-state index contributed by atoms with van der Waals surface area (Å²) in [5, 5.41) is 2.95. The minimum atomic E-state index is -0.599. The number of rotatable bonds is 1. The Morgan fingerprint density at radius 3 is 2.83 bits per heavy atom. The highest BCUT2D eigenvalue weighted by Crippen LogP contribution is 2.44. The summed E-state index contributed by atoms with van der Waals surface area (Å²) in [5.41, 5.74) is 1.92. The normalized spacial score (nSPS) is 22.3. The molecule has 1 fully saturated rings. The number of benzene rings is 2. The van der Waals surface area contributed by atoms with Crippen molar-refractivity contribution in [1.82, 2.24) is 4.90 Å². The van der Waals surface area contributed by atoms with Crippen molar-refractivity contribution in [2.45, 2.75) is 11.8 Å². The monoisotopic (exact) mass is 370 g/mol. The average molecular weight is 371 g/mol. The van der Waals surface area contributed by atoms with E-state index in [1.807, 2.05) is 42.5 Å². The lowest BCUT2D eigenvalue weighted by atomic mass is 9.81. The Morgan fingerprint density at radius 2 is 2.00 bits per heavy atom. The molecule has 0 aliphatic carbocycles. The van der Waals surface area contributed by atoms with Crippen molar-refractivity contribution in [3.63, 3.8) is 0 Å². The third kappa shape index (κ3) is 2.18. The number of fused-ring (bicyclic) bond motifs is 2. The lowest BCUT2D eigenvalue weighted by molar-refractivity contribution is -0.120. The minimum Gasteiger partial charge on any atom is -0.337 e. The molecule has 1 N–H and O–H groups in total. The number of hydrogen-bond acceptors (Lipinski definition) is 2. The van der Waals surface area contributed by atoms with Crippen LogP contribution in [0.1, 0.15) is 22.3 Å². The summed E-state index contributed by atoms with van der Waals surface area (Å²) in [6.45, 7) is 1.02. The number of anilines is 1. The van der Waals surface area contributed by atoms with Gasteiger partial charge in [-0.25, -0.2) is 0 Å². The lowest BCUT2D eigenvalue weighted by Crippen LogP contribution is -2.39. The van der Waals surface area contributed by atoms with Crippen LogP contribution in [0.4, 0.5) is 5.69 Å². The van der Waals surface area contributed by atoms with Crippen LogP contribution in [0.15, 0.2) is 53.0 Å². The van der Waals surface area contributed by atoms with E-state index in [0.717, 1.165) is 15.7 Å². The number of nitrogens with one attached hydrogen (secondary N) is 1. The molecule has 2 aromatic carbocycles. The molecule has 2 heterocycles. The summed E-state index contributed by atoms with van der Waals surface area (Å²) in [6.07, 6.45) is 0.662. The Hall–Kier alpha value is -2.14. The van der Waals surface area contributed by atoms with Crippen LogP contribution in [0.25, 0.3) is 0 Å². The third-order valence-electron chi connectivity index (χ3n) is 4.75. The molecule has 0 bridgehead atoms. The zero-order valence-corrected chi connectivity index (χ0v) is 14.0. The maximum absolute atomic E-state index is 12.7. The number of carbonyl (C=O) groups excluding carboxylic acids is 2. The Bertz CT molecular complexity index is 820. The third-order valence-corrected chi connectivity index (χ3v) is 5.25. The number of halogens is 1. The van der Waals surface area contributed by atoms with E-state index in [2.05, 4.69) is 21.2 Å². The fraction of sp³-hybridized carbons (Fsp3) is 0.222. The van der Waals surface area contributed by atoms with E-state index in [-0.39, 0.29) is 11.8 Å². The summed E-state index contributed by atoms with van der Waals surface area (Å²) in [4.78, 5) is 27.1. The van der Waals surface area contributed by atoms with E-state index >= 15 is 0 Å². The van der Waals surface area contributed by atoms with Gasteiger partial charge in [-0.05, 0) is 36.2 Å². The number of carbonyl (C=O) groups is 2. The van der Waals surface area contributed by atoms with E-state index < -0.39 is 5.41 Å². The van der Waals surface area contributed by atoms with Gasteiger partial charge in [-0.1, -0.05) is 40.2 Å². The quantitative estimate of drug-likeness (QED) is 0.837. The summed E-state index contributed by atoms with van der Waals surface area (Å²) >= 11 is 3.39. The van der Waals surface area contributed by atoms with Crippen LogP contribution in [-0.2, 0) is 10.2 Å². The first-order chi connectivity index (χ1) is 11.1. The van der Waals surface area contributed by atoms with Gasteiger partial charge in [-0.3, -0.25) is 9.59 Å². The topological polar surface area (TPSA) is 49.4 Å². The summed E-state index contributed by atoms with van der Waals surface area (Å²) in [5.74, 6) is -0.0244. The second-order valence-electron chi connectivity index (χ2n) is 6.07. The van der Waals surface area contributed by atoms with Crippen LogP contribution in [0.5, 0.6) is 0 Å². The van der Waals surface area contributed by atoms with E-state index in [0.29, 0.717) is 25.1 Å². The predicted octanol–water partition coefficient (Wildman–Crippen LogP) is 3.19. The first-order valence-electron chi connectivity index (χ1n) is 7.56. The number of nitrogens with zero attached hydrogens (tertiary/aromatic N) is 1. The molecule has 2 aliphatic heterocycles. The smallest absolute Gasteiger partial charge is 0.253 e. The largest absolute Gasteiger partial charge is 0.337 e. The van der Waals surface area contributed by atoms with Crippen molar-refractivity contribution in [1.29, 1.82) is 0 Å². The minimum absolute atomic E-state index is 0.00300. The standard InChI is InChI=1S/C18H15BrN2O2/c19-13-5-3-4-12(10-13)16(22)21-9-8-18(11-21)14-6-1-2-7-15(14)20-17(18)23/h1-7,10H,8-9,11H2,(H,20,23). The van der Waals surface area contributed by atoms with Gasteiger partial charge in [-0.15, -0.1) is 0 Å². The van der Waals surface area contributed by atoms with Gasteiger partial charge in [0.05, 0.1) is 5.41 Å². The molecule has 4 nitrogen and oxygen atoms in total. The molecule has 116 valence electrons. The van der Waals surface area contributed by atoms with Crippen LogP contribution in [0, 0.1) is 0 Å². The van der Waals surface area contributed by atoms with Gasteiger partial charge >= 0.3 is 0 Å². The van der Waals surface area contributed by atoms with Gasteiger partial charge in [0.2, 0.25) is 5.91 Å². The van der Waals surface area contributed by atoms with Crippen LogP contribution in [0.3, 0.4) is 0 Å². The van der Waals surface area contributed by atoms with Crippen molar-refractivity contribution < 1.29 is 9.59 Å². The van der Waals surface area contributed by atoms with Gasteiger partial charge in [0.25, 0.3) is 5.91 Å². The molecule has 0 aromatic heterocycles. The highest BCUT2D eigenvalue weighted by atomic mass is 79.9. The number of para-hydroxylation sites is 1. The van der Waals surface area contributed by atoms with Crippen molar-refractivity contribution in [3.8, 4) is 0 Å². The fourth-order valence-electron chi connectivity index (χ4n) is 3.57. The number of amides is 2. The van der Waals surface area contributed by atoms with Gasteiger partial charge in [-0.2, -0.15) is 0 Å². The molecule has 0 saturated carbocycles. The van der Waals surface area contributed by atoms with Crippen LogP contribution in [0.2, 0.25) is 0 Å². The Kier molecular flexibility index (Phi) is 3.27. The second kappa shape index (κ2) is 5.20. The first kappa shape index (κ1) is 14.5. The zero-order chi connectivity index (χ0) is 16.0. The summed E-state index contributed by atoms with van der Waals surface area (Å²) < 4.78 is 0.876. The Balaban J connectivity index is 1.65. The molecule has 1 unspecified atom stereocenters. The Morgan fingerprint density at radius 1 is 1.17 bits per heavy atom. The van der Waals surface area contributed by atoms with E-state index in [4.69, 9.17) is 0 Å². The summed E-state index contributed by atoms with van der Waals surface area (Å²) in [6, 6.07) is 15.1. The number of hydrogen-bond donors (Lipinski definition) is 1. The van der Waals surface area contributed by atoms with E-state index in [9.17, 15) is 9.59 Å². The van der Waals surface area contributed by atoms with Crippen molar-refractivity contribution in [3.05, 3.63) is 64.1 Å². The molecule has 23 heavy (non-hydrogen) atoms. The molecule has 2 amide bonds. The molecule has 5 heteroatoms. The molecular formula is C18H15BrN2O2. The van der Waals surface area contributed by atoms with Crippen molar-refractivity contribution >= 4 is 33.4 Å². The van der Waals surface area contributed by atoms with Crippen molar-refractivity contribution in [2.75, 3.05) is 18.4 Å². The lowest BCUT2D eigenvalue weighted by Gasteiger charge is -2.22. The molecule has 1 saturated heterocycles. The van der Waals surface area contributed by atoms with Gasteiger partial charge in [0, 0.05) is 28.8 Å². The van der Waals surface area contributed by atoms with Crippen LogP contribution in [-0.4, -0.2) is 29.8 Å².